The number of nitrogens with zero attached hydrogens (tertiary/aromatic N) is 1. The maximum absolute atomic E-state index is 13.7. The Labute approximate surface area is 224 Å². The molecule has 0 spiro atoms. The number of amides is 1. The number of alkyl halides is 3. The highest BCUT2D eigenvalue weighted by Crippen LogP contribution is 2.56. The zero-order chi connectivity index (χ0) is 27.9. The number of ether oxygens (including phenoxy) is 1. The SMILES string of the molecule is COc1ccc(S(=O)(=O)C2C(CC(=O)N3CCCC3c3ccc(F)cc3)C2c2cccc(C(F)(F)F)c2)cc1. The molecule has 1 heterocycles. The first-order valence-electron chi connectivity index (χ1n) is 12.6. The molecule has 1 amide bonds. The maximum Gasteiger partial charge on any atom is 0.416 e. The molecule has 4 unspecified atom stereocenters. The van der Waals surface area contributed by atoms with Gasteiger partial charge < -0.3 is 9.64 Å². The Balaban J connectivity index is 1.44. The predicted molar refractivity (Wildman–Crippen MR) is 136 cm³/mol. The summed E-state index contributed by atoms with van der Waals surface area (Å²) in [4.78, 5) is 15.2. The number of hydrogen-bond acceptors (Lipinski definition) is 4. The van der Waals surface area contributed by atoms with Crippen molar-refractivity contribution >= 4 is 15.7 Å². The van der Waals surface area contributed by atoms with Crippen LogP contribution in [0.4, 0.5) is 17.6 Å². The highest BCUT2D eigenvalue weighted by molar-refractivity contribution is 7.92. The van der Waals surface area contributed by atoms with Crippen LogP contribution < -0.4 is 4.74 Å². The third kappa shape index (κ3) is 5.39. The lowest BCUT2D eigenvalue weighted by molar-refractivity contribution is -0.137. The standard InChI is InChI=1S/C29H27F4NO4S/c1-38-22-11-13-23(14-12-22)39(36,37)28-24(27(28)19-4-2-5-20(16-19)29(31,32)33)17-26(35)34-15-3-6-25(34)18-7-9-21(30)10-8-18/h2,4-5,7-14,16,24-25,27-28H,3,6,15,17H2,1H3. The Morgan fingerprint density at radius 3 is 2.33 bits per heavy atom. The van der Waals surface area contributed by atoms with E-state index in [1.165, 1.54) is 55.6 Å². The summed E-state index contributed by atoms with van der Waals surface area (Å²) in [5.74, 6) is -1.65. The van der Waals surface area contributed by atoms with E-state index >= 15 is 0 Å². The van der Waals surface area contributed by atoms with Crippen LogP contribution in [0.5, 0.6) is 5.75 Å². The molecule has 10 heteroatoms. The van der Waals surface area contributed by atoms with E-state index in [2.05, 4.69) is 0 Å². The molecule has 3 aromatic carbocycles. The number of carbonyl (C=O) groups excluding carboxylic acids is 1. The van der Waals surface area contributed by atoms with Gasteiger partial charge in [-0.05, 0) is 72.4 Å². The molecule has 1 aliphatic heterocycles. The van der Waals surface area contributed by atoms with Crippen molar-refractivity contribution in [1.29, 1.82) is 0 Å². The van der Waals surface area contributed by atoms with Crippen LogP contribution in [0.3, 0.4) is 0 Å². The van der Waals surface area contributed by atoms with E-state index in [0.29, 0.717) is 18.7 Å². The smallest absolute Gasteiger partial charge is 0.416 e. The van der Waals surface area contributed by atoms with Gasteiger partial charge in [0.05, 0.1) is 28.9 Å². The number of likely N-dealkylation sites (tertiary alicyclic amines) is 1. The van der Waals surface area contributed by atoms with E-state index < -0.39 is 38.7 Å². The fourth-order valence-corrected chi connectivity index (χ4v) is 7.92. The lowest BCUT2D eigenvalue weighted by atomic mass is 10.0. The fraction of sp³-hybridized carbons (Fsp3) is 0.345. The second-order valence-corrected chi connectivity index (χ2v) is 12.1. The fourth-order valence-electron chi connectivity index (χ4n) is 5.71. The Bertz CT molecular complexity index is 1460. The van der Waals surface area contributed by atoms with Gasteiger partial charge in [0.15, 0.2) is 9.84 Å². The monoisotopic (exact) mass is 561 g/mol. The van der Waals surface area contributed by atoms with Crippen LogP contribution in [0.2, 0.25) is 0 Å². The van der Waals surface area contributed by atoms with Crippen LogP contribution in [0.15, 0.2) is 77.7 Å². The van der Waals surface area contributed by atoms with E-state index in [-0.39, 0.29) is 34.6 Å². The summed E-state index contributed by atoms with van der Waals surface area (Å²) in [6.07, 6.45) is -3.28. The number of methoxy groups -OCH3 is 1. The molecule has 5 rings (SSSR count). The Kier molecular flexibility index (Phi) is 7.17. The number of rotatable bonds is 7. The Morgan fingerprint density at radius 1 is 1.00 bits per heavy atom. The minimum atomic E-state index is -4.58. The molecule has 0 N–H and O–H groups in total. The maximum atomic E-state index is 13.7. The van der Waals surface area contributed by atoms with Crippen molar-refractivity contribution in [3.05, 3.63) is 95.3 Å². The summed E-state index contributed by atoms with van der Waals surface area (Å²) in [7, 11) is -2.52. The molecule has 4 atom stereocenters. The van der Waals surface area contributed by atoms with Crippen LogP contribution in [-0.4, -0.2) is 38.1 Å². The summed E-state index contributed by atoms with van der Waals surface area (Å²) in [6.45, 7) is 0.470. The van der Waals surface area contributed by atoms with Crippen LogP contribution >= 0.6 is 0 Å². The summed E-state index contributed by atoms with van der Waals surface area (Å²) >= 11 is 0. The average molecular weight is 562 g/mol. The Morgan fingerprint density at radius 2 is 1.69 bits per heavy atom. The molecule has 5 nitrogen and oxygen atoms in total. The van der Waals surface area contributed by atoms with Gasteiger partial charge in [0.1, 0.15) is 11.6 Å². The zero-order valence-corrected chi connectivity index (χ0v) is 21.9. The van der Waals surface area contributed by atoms with Crippen LogP contribution in [-0.2, 0) is 20.8 Å². The van der Waals surface area contributed by atoms with E-state index in [0.717, 1.165) is 24.1 Å². The average Bonchev–Trinajstić information content (AvgIpc) is 3.42. The van der Waals surface area contributed by atoms with Crippen molar-refractivity contribution in [2.75, 3.05) is 13.7 Å². The largest absolute Gasteiger partial charge is 0.497 e. The van der Waals surface area contributed by atoms with Gasteiger partial charge in [-0.15, -0.1) is 0 Å². The van der Waals surface area contributed by atoms with Crippen molar-refractivity contribution in [3.8, 4) is 5.75 Å². The number of sulfone groups is 1. The van der Waals surface area contributed by atoms with Gasteiger partial charge >= 0.3 is 6.18 Å². The van der Waals surface area contributed by atoms with E-state index in [9.17, 15) is 30.8 Å². The van der Waals surface area contributed by atoms with Gasteiger partial charge in [-0.1, -0.05) is 30.3 Å². The van der Waals surface area contributed by atoms with Crippen molar-refractivity contribution < 1.29 is 35.5 Å². The number of halogens is 4. The second kappa shape index (κ2) is 10.3. The molecule has 3 aromatic rings. The molecule has 0 radical (unpaired) electrons. The Hall–Kier alpha value is -3.40. The number of benzene rings is 3. The molecule has 1 saturated carbocycles. The zero-order valence-electron chi connectivity index (χ0n) is 21.1. The first kappa shape index (κ1) is 27.2. The minimum Gasteiger partial charge on any atom is -0.497 e. The molecule has 39 heavy (non-hydrogen) atoms. The summed E-state index contributed by atoms with van der Waals surface area (Å²) < 4.78 is 86.2. The van der Waals surface area contributed by atoms with Crippen LogP contribution in [0.1, 0.15) is 47.9 Å². The second-order valence-electron chi connectivity index (χ2n) is 10.00. The lowest BCUT2D eigenvalue weighted by Crippen LogP contribution is -2.31. The third-order valence-electron chi connectivity index (χ3n) is 7.68. The minimum absolute atomic E-state index is 0.0191. The topological polar surface area (TPSA) is 63.7 Å². The molecule has 1 aliphatic carbocycles. The summed E-state index contributed by atoms with van der Waals surface area (Å²) in [5, 5.41) is -1.05. The summed E-state index contributed by atoms with van der Waals surface area (Å²) in [6, 6.07) is 16.1. The van der Waals surface area contributed by atoms with Crippen molar-refractivity contribution in [2.45, 2.75) is 47.5 Å². The highest BCUT2D eigenvalue weighted by atomic mass is 32.2. The van der Waals surface area contributed by atoms with E-state index in [1.54, 1.807) is 17.0 Å². The van der Waals surface area contributed by atoms with E-state index in [1.807, 2.05) is 0 Å². The predicted octanol–water partition coefficient (Wildman–Crippen LogP) is 6.16. The summed E-state index contributed by atoms with van der Waals surface area (Å²) in [5.41, 5.74) is 0.157. The highest BCUT2D eigenvalue weighted by Gasteiger charge is 2.60. The van der Waals surface area contributed by atoms with Crippen molar-refractivity contribution in [3.63, 3.8) is 0 Å². The van der Waals surface area contributed by atoms with Gasteiger partial charge in [0.2, 0.25) is 5.91 Å². The molecule has 0 bridgehead atoms. The van der Waals surface area contributed by atoms with Gasteiger partial charge in [-0.2, -0.15) is 13.2 Å². The normalized spacial score (nSPS) is 23.1. The van der Waals surface area contributed by atoms with Gasteiger partial charge in [0, 0.05) is 18.9 Å². The van der Waals surface area contributed by atoms with Gasteiger partial charge in [-0.3, -0.25) is 4.79 Å². The first-order valence-corrected chi connectivity index (χ1v) is 14.2. The van der Waals surface area contributed by atoms with Crippen LogP contribution in [0.25, 0.3) is 0 Å². The quantitative estimate of drug-likeness (QED) is 0.324. The molecule has 2 fully saturated rings. The molecule has 2 aliphatic rings. The van der Waals surface area contributed by atoms with Gasteiger partial charge in [0.25, 0.3) is 0 Å². The van der Waals surface area contributed by atoms with Crippen molar-refractivity contribution in [1.82, 2.24) is 4.90 Å². The van der Waals surface area contributed by atoms with E-state index in [4.69, 9.17) is 4.74 Å². The number of hydrogen-bond donors (Lipinski definition) is 0. The lowest BCUT2D eigenvalue weighted by Gasteiger charge is -2.25. The number of carbonyl (C=O) groups is 1. The molecule has 206 valence electrons. The van der Waals surface area contributed by atoms with Gasteiger partial charge in [-0.25, -0.2) is 12.8 Å². The first-order chi connectivity index (χ1) is 18.5. The molecular weight excluding hydrogens is 534 g/mol. The third-order valence-corrected chi connectivity index (χ3v) is 9.97. The van der Waals surface area contributed by atoms with Crippen molar-refractivity contribution in [2.24, 2.45) is 5.92 Å². The van der Waals surface area contributed by atoms with Crippen LogP contribution in [0, 0.1) is 11.7 Å². The molecule has 1 saturated heterocycles. The molecule has 0 aromatic heterocycles. The molecular formula is C29H27F4NO4S.